The summed E-state index contributed by atoms with van der Waals surface area (Å²) in [6, 6.07) is 0.293. The van der Waals surface area contributed by atoms with E-state index in [1.807, 2.05) is 11.8 Å². The number of piperazine rings is 1. The van der Waals surface area contributed by atoms with Gasteiger partial charge in [-0.2, -0.15) is 0 Å². The second kappa shape index (κ2) is 4.42. The monoisotopic (exact) mass is 172 g/mol. The van der Waals surface area contributed by atoms with E-state index in [0.29, 0.717) is 25.7 Å². The third-order valence-electron chi connectivity index (χ3n) is 2.10. The van der Waals surface area contributed by atoms with Crippen molar-refractivity contribution in [2.45, 2.75) is 13.0 Å². The van der Waals surface area contributed by atoms with Crippen LogP contribution >= 0.6 is 0 Å². The van der Waals surface area contributed by atoms with Crippen LogP contribution in [0.2, 0.25) is 0 Å². The summed E-state index contributed by atoms with van der Waals surface area (Å²) in [6.45, 7) is 4.72. The minimum Gasteiger partial charge on any atom is -0.383 e. The van der Waals surface area contributed by atoms with E-state index in [1.165, 1.54) is 0 Å². The van der Waals surface area contributed by atoms with Crippen molar-refractivity contribution < 1.29 is 9.53 Å². The Morgan fingerprint density at radius 3 is 3.08 bits per heavy atom. The maximum atomic E-state index is 11.3. The first-order valence-corrected chi connectivity index (χ1v) is 4.25. The van der Waals surface area contributed by atoms with Crippen LogP contribution in [0.15, 0.2) is 0 Å². The fraction of sp³-hybridized carbons (Fsp3) is 0.875. The Bertz CT molecular complexity index is 161. The maximum absolute atomic E-state index is 11.3. The number of rotatable bonds is 3. The molecule has 1 atom stereocenters. The second-order valence-electron chi connectivity index (χ2n) is 3.06. The van der Waals surface area contributed by atoms with Gasteiger partial charge in [0.2, 0.25) is 5.91 Å². The van der Waals surface area contributed by atoms with Gasteiger partial charge >= 0.3 is 0 Å². The van der Waals surface area contributed by atoms with Crippen molar-refractivity contribution in [1.82, 2.24) is 10.2 Å². The molecule has 1 fully saturated rings. The molecule has 0 bridgehead atoms. The lowest BCUT2D eigenvalue weighted by molar-refractivity contribution is -0.135. The van der Waals surface area contributed by atoms with Gasteiger partial charge in [-0.1, -0.05) is 0 Å². The molecule has 70 valence electrons. The molecule has 12 heavy (non-hydrogen) atoms. The minimum absolute atomic E-state index is 0.172. The first-order chi connectivity index (χ1) is 5.75. The molecular formula is C8H16N2O2. The van der Waals surface area contributed by atoms with E-state index in [-0.39, 0.29) is 5.91 Å². The van der Waals surface area contributed by atoms with E-state index >= 15 is 0 Å². The highest BCUT2D eigenvalue weighted by Crippen LogP contribution is 2.02. The summed E-state index contributed by atoms with van der Waals surface area (Å²) >= 11 is 0. The van der Waals surface area contributed by atoms with E-state index in [9.17, 15) is 4.79 Å². The Balaban J connectivity index is 2.40. The molecule has 1 aliphatic rings. The molecule has 1 heterocycles. The molecule has 4 heteroatoms. The molecule has 1 amide bonds. The summed E-state index contributed by atoms with van der Waals surface area (Å²) < 4.78 is 4.93. The quantitative estimate of drug-likeness (QED) is 0.621. The molecule has 0 spiro atoms. The first kappa shape index (κ1) is 9.48. The van der Waals surface area contributed by atoms with Gasteiger partial charge in [-0.25, -0.2) is 0 Å². The van der Waals surface area contributed by atoms with E-state index < -0.39 is 0 Å². The van der Waals surface area contributed by atoms with Gasteiger partial charge in [-0.15, -0.1) is 0 Å². The normalized spacial score (nSPS) is 24.7. The van der Waals surface area contributed by atoms with Crippen LogP contribution in [0.4, 0.5) is 0 Å². The lowest BCUT2D eigenvalue weighted by Gasteiger charge is -2.33. The largest absolute Gasteiger partial charge is 0.383 e. The summed E-state index contributed by atoms with van der Waals surface area (Å²) in [6.07, 6.45) is 0. The zero-order chi connectivity index (χ0) is 8.97. The van der Waals surface area contributed by atoms with Crippen LogP contribution in [-0.4, -0.2) is 50.2 Å². The van der Waals surface area contributed by atoms with E-state index in [0.717, 1.165) is 6.54 Å². The van der Waals surface area contributed by atoms with Crippen molar-refractivity contribution in [3.05, 3.63) is 0 Å². The number of nitrogens with one attached hydrogen (secondary N) is 1. The maximum Gasteiger partial charge on any atom is 0.236 e. The molecule has 1 aliphatic heterocycles. The molecule has 0 aromatic heterocycles. The molecule has 1 saturated heterocycles. The predicted molar refractivity (Wildman–Crippen MR) is 45.9 cm³/mol. The molecule has 0 radical (unpaired) electrons. The minimum atomic E-state index is 0.172. The van der Waals surface area contributed by atoms with Gasteiger partial charge < -0.3 is 15.0 Å². The van der Waals surface area contributed by atoms with E-state index in [4.69, 9.17) is 4.74 Å². The molecular weight excluding hydrogens is 156 g/mol. The number of amides is 1. The van der Waals surface area contributed by atoms with Gasteiger partial charge in [0.15, 0.2) is 0 Å². The van der Waals surface area contributed by atoms with E-state index in [1.54, 1.807) is 7.11 Å². The highest BCUT2D eigenvalue weighted by molar-refractivity contribution is 5.79. The fourth-order valence-electron chi connectivity index (χ4n) is 1.38. The molecule has 0 aliphatic carbocycles. The molecule has 1 rings (SSSR count). The topological polar surface area (TPSA) is 41.6 Å². The summed E-state index contributed by atoms with van der Waals surface area (Å²) in [7, 11) is 1.65. The third kappa shape index (κ3) is 2.19. The lowest BCUT2D eigenvalue weighted by Crippen LogP contribution is -2.54. The number of carbonyl (C=O) groups excluding carboxylic acids is 1. The highest BCUT2D eigenvalue weighted by Gasteiger charge is 2.23. The average Bonchev–Trinajstić information content (AvgIpc) is 2.04. The Labute approximate surface area is 72.9 Å². The third-order valence-corrected chi connectivity index (χ3v) is 2.10. The van der Waals surface area contributed by atoms with Crippen molar-refractivity contribution in [2.75, 3.05) is 33.4 Å². The Kier molecular flexibility index (Phi) is 3.49. The average molecular weight is 172 g/mol. The first-order valence-electron chi connectivity index (χ1n) is 4.25. The van der Waals surface area contributed by atoms with Crippen LogP contribution in [0.25, 0.3) is 0 Å². The molecule has 4 nitrogen and oxygen atoms in total. The van der Waals surface area contributed by atoms with Crippen LogP contribution in [0.5, 0.6) is 0 Å². The van der Waals surface area contributed by atoms with Crippen LogP contribution in [0.3, 0.4) is 0 Å². The van der Waals surface area contributed by atoms with Gasteiger partial charge in [0.05, 0.1) is 13.2 Å². The standard InChI is InChI=1S/C8H16N2O2/c1-7-5-9-6-8(11)10(7)3-4-12-2/h7,9H,3-6H2,1-2H3/t7-/m0/s1. The number of nitrogens with zero attached hydrogens (tertiary/aromatic N) is 1. The molecule has 0 unspecified atom stereocenters. The summed E-state index contributed by atoms with van der Waals surface area (Å²) in [5, 5.41) is 3.06. The number of carbonyl (C=O) groups is 1. The lowest BCUT2D eigenvalue weighted by atomic mass is 10.2. The Morgan fingerprint density at radius 2 is 2.50 bits per heavy atom. The fourth-order valence-corrected chi connectivity index (χ4v) is 1.38. The number of hydrogen-bond acceptors (Lipinski definition) is 3. The van der Waals surface area contributed by atoms with Crippen molar-refractivity contribution in [3.63, 3.8) is 0 Å². The Hall–Kier alpha value is -0.610. The van der Waals surface area contributed by atoms with Crippen molar-refractivity contribution in [3.8, 4) is 0 Å². The van der Waals surface area contributed by atoms with Gasteiger partial charge in [0.25, 0.3) is 0 Å². The second-order valence-corrected chi connectivity index (χ2v) is 3.06. The van der Waals surface area contributed by atoms with Crippen LogP contribution in [0.1, 0.15) is 6.92 Å². The SMILES string of the molecule is COCCN1C(=O)CNC[C@@H]1C. The zero-order valence-electron chi connectivity index (χ0n) is 7.67. The molecule has 0 aromatic rings. The molecule has 0 aromatic carbocycles. The van der Waals surface area contributed by atoms with Crippen molar-refractivity contribution >= 4 is 5.91 Å². The highest BCUT2D eigenvalue weighted by atomic mass is 16.5. The van der Waals surface area contributed by atoms with Gasteiger partial charge in [-0.3, -0.25) is 4.79 Å². The number of methoxy groups -OCH3 is 1. The summed E-state index contributed by atoms with van der Waals surface area (Å²) in [5.74, 6) is 0.172. The molecule has 1 N–H and O–H groups in total. The smallest absolute Gasteiger partial charge is 0.236 e. The van der Waals surface area contributed by atoms with Crippen molar-refractivity contribution in [1.29, 1.82) is 0 Å². The van der Waals surface area contributed by atoms with Gasteiger partial charge in [0, 0.05) is 26.2 Å². The van der Waals surface area contributed by atoms with Crippen molar-refractivity contribution in [2.24, 2.45) is 0 Å². The van der Waals surface area contributed by atoms with Gasteiger partial charge in [-0.05, 0) is 6.92 Å². The number of hydrogen-bond donors (Lipinski definition) is 1. The predicted octanol–water partition coefficient (Wildman–Crippen LogP) is -0.547. The summed E-state index contributed by atoms with van der Waals surface area (Å²) in [5.41, 5.74) is 0. The molecule has 0 saturated carbocycles. The zero-order valence-corrected chi connectivity index (χ0v) is 7.67. The van der Waals surface area contributed by atoms with Crippen LogP contribution in [-0.2, 0) is 9.53 Å². The van der Waals surface area contributed by atoms with Gasteiger partial charge in [0.1, 0.15) is 0 Å². The Morgan fingerprint density at radius 1 is 1.75 bits per heavy atom. The van der Waals surface area contributed by atoms with Crippen LogP contribution < -0.4 is 5.32 Å². The number of ether oxygens (including phenoxy) is 1. The summed E-state index contributed by atoms with van der Waals surface area (Å²) in [4.78, 5) is 13.2. The van der Waals surface area contributed by atoms with E-state index in [2.05, 4.69) is 5.32 Å². The van der Waals surface area contributed by atoms with Crippen LogP contribution in [0, 0.1) is 0 Å².